The lowest BCUT2D eigenvalue weighted by molar-refractivity contribution is -0.116. The third kappa shape index (κ3) is 4.69. The molecule has 34 heavy (non-hydrogen) atoms. The van der Waals surface area contributed by atoms with Crippen molar-refractivity contribution in [2.75, 3.05) is 12.4 Å². The van der Waals surface area contributed by atoms with Gasteiger partial charge in [-0.3, -0.25) is 9.59 Å². The Morgan fingerprint density at radius 1 is 1.18 bits per heavy atom. The van der Waals surface area contributed by atoms with Gasteiger partial charge in [-0.15, -0.1) is 0 Å². The van der Waals surface area contributed by atoms with Crippen molar-refractivity contribution in [1.29, 1.82) is 0 Å². The lowest BCUT2D eigenvalue weighted by Crippen LogP contribution is -2.30. The topological polar surface area (TPSA) is 99.2 Å². The highest BCUT2D eigenvalue weighted by atomic mass is 35.5. The zero-order valence-electron chi connectivity index (χ0n) is 18.6. The number of anilines is 1. The summed E-state index contributed by atoms with van der Waals surface area (Å²) in [6, 6.07) is 12.2. The van der Waals surface area contributed by atoms with Gasteiger partial charge >= 0.3 is 0 Å². The summed E-state index contributed by atoms with van der Waals surface area (Å²) in [4.78, 5) is 30.4. The molecule has 4 rings (SSSR count). The van der Waals surface area contributed by atoms with Crippen molar-refractivity contribution in [2.24, 2.45) is 0 Å². The average Bonchev–Trinajstić information content (AvgIpc) is 3.27. The van der Waals surface area contributed by atoms with Gasteiger partial charge in [0, 0.05) is 16.3 Å². The monoisotopic (exact) mass is 482 g/mol. The molecule has 4 aromatic rings. The standard InChI is InChI=1S/C24H20ClFN4O4/c1-13-10-14(2)30(12-20(31)27-18-11-16(25)6-9-19(18)33-3)24(32)21(13)23-28-22(29-34-23)15-4-7-17(26)8-5-15/h4-11H,12H2,1-3H3,(H,27,31). The fourth-order valence-electron chi connectivity index (χ4n) is 3.54. The van der Waals surface area contributed by atoms with Crippen LogP contribution in [0.25, 0.3) is 22.8 Å². The first-order chi connectivity index (χ1) is 16.3. The second-order valence-electron chi connectivity index (χ2n) is 7.56. The van der Waals surface area contributed by atoms with E-state index in [2.05, 4.69) is 15.5 Å². The van der Waals surface area contributed by atoms with E-state index in [1.54, 1.807) is 38.1 Å². The van der Waals surface area contributed by atoms with Gasteiger partial charge in [0.05, 0.1) is 12.8 Å². The Kier molecular flexibility index (Phi) is 6.47. The molecule has 8 nitrogen and oxygen atoms in total. The molecule has 2 heterocycles. The molecule has 174 valence electrons. The first-order valence-electron chi connectivity index (χ1n) is 10.2. The predicted octanol–water partition coefficient (Wildman–Crippen LogP) is 4.62. The molecule has 2 aromatic carbocycles. The number of aryl methyl sites for hydroxylation is 2. The van der Waals surface area contributed by atoms with E-state index < -0.39 is 17.3 Å². The van der Waals surface area contributed by atoms with Crippen LogP contribution in [0.5, 0.6) is 5.75 Å². The third-order valence-corrected chi connectivity index (χ3v) is 5.42. The second-order valence-corrected chi connectivity index (χ2v) is 7.99. The first kappa shape index (κ1) is 23.2. The van der Waals surface area contributed by atoms with Gasteiger partial charge < -0.3 is 19.1 Å². The van der Waals surface area contributed by atoms with E-state index in [1.807, 2.05) is 0 Å². The van der Waals surface area contributed by atoms with Gasteiger partial charge in [0.15, 0.2) is 0 Å². The van der Waals surface area contributed by atoms with Crippen molar-refractivity contribution in [1.82, 2.24) is 14.7 Å². The van der Waals surface area contributed by atoms with Gasteiger partial charge in [0.1, 0.15) is 23.7 Å². The fraction of sp³-hybridized carbons (Fsp3) is 0.167. The maximum absolute atomic E-state index is 13.3. The number of amides is 1. The SMILES string of the molecule is COc1ccc(Cl)cc1NC(=O)Cn1c(C)cc(C)c(-c2nc(-c3ccc(F)cc3)no2)c1=O. The minimum absolute atomic E-state index is 0.00694. The molecule has 0 aliphatic heterocycles. The lowest BCUT2D eigenvalue weighted by Gasteiger charge is -2.14. The van der Waals surface area contributed by atoms with Crippen molar-refractivity contribution >= 4 is 23.2 Å². The quantitative estimate of drug-likeness (QED) is 0.430. The minimum Gasteiger partial charge on any atom is -0.495 e. The molecular formula is C24H20ClFN4O4. The molecule has 0 saturated heterocycles. The highest BCUT2D eigenvalue weighted by molar-refractivity contribution is 6.31. The Morgan fingerprint density at radius 3 is 2.62 bits per heavy atom. The molecule has 1 N–H and O–H groups in total. The van der Waals surface area contributed by atoms with Crippen molar-refractivity contribution < 1.29 is 18.4 Å². The maximum atomic E-state index is 13.3. The summed E-state index contributed by atoms with van der Waals surface area (Å²) in [6.45, 7) is 3.21. The largest absolute Gasteiger partial charge is 0.495 e. The third-order valence-electron chi connectivity index (χ3n) is 5.18. The number of aromatic nitrogens is 3. The van der Waals surface area contributed by atoms with Crippen molar-refractivity contribution in [3.8, 4) is 28.6 Å². The summed E-state index contributed by atoms with van der Waals surface area (Å²) in [6.07, 6.45) is 0. The number of methoxy groups -OCH3 is 1. The summed E-state index contributed by atoms with van der Waals surface area (Å²) < 4.78 is 25.1. The van der Waals surface area contributed by atoms with Crippen LogP contribution in [0, 0.1) is 19.7 Å². The fourth-order valence-corrected chi connectivity index (χ4v) is 3.71. The number of ether oxygens (including phenoxy) is 1. The number of carbonyl (C=O) groups is 1. The second kappa shape index (κ2) is 9.48. The number of benzene rings is 2. The van der Waals surface area contributed by atoms with Crippen LogP contribution >= 0.6 is 11.6 Å². The summed E-state index contributed by atoms with van der Waals surface area (Å²) in [5.41, 5.74) is 1.84. The van der Waals surface area contributed by atoms with Crippen LogP contribution in [-0.4, -0.2) is 27.7 Å². The van der Waals surface area contributed by atoms with Gasteiger partial charge in [-0.2, -0.15) is 4.98 Å². The highest BCUT2D eigenvalue weighted by Gasteiger charge is 2.20. The van der Waals surface area contributed by atoms with Crippen LogP contribution in [-0.2, 0) is 11.3 Å². The zero-order chi connectivity index (χ0) is 24.4. The smallest absolute Gasteiger partial charge is 0.264 e. The van der Waals surface area contributed by atoms with Crippen LogP contribution in [0.3, 0.4) is 0 Å². The van der Waals surface area contributed by atoms with Crippen LogP contribution in [0.15, 0.2) is 57.8 Å². The molecule has 10 heteroatoms. The number of nitrogens with one attached hydrogen (secondary N) is 1. The van der Waals surface area contributed by atoms with Gasteiger partial charge in [-0.25, -0.2) is 4.39 Å². The van der Waals surface area contributed by atoms with Gasteiger partial charge in [-0.1, -0.05) is 16.8 Å². The van der Waals surface area contributed by atoms with Crippen molar-refractivity contribution in [3.05, 3.63) is 81.0 Å². The van der Waals surface area contributed by atoms with E-state index in [-0.39, 0.29) is 23.8 Å². The molecule has 2 aromatic heterocycles. The van der Waals surface area contributed by atoms with Gasteiger partial charge in [0.25, 0.3) is 11.4 Å². The molecule has 0 atom stereocenters. The maximum Gasteiger partial charge on any atom is 0.264 e. The van der Waals surface area contributed by atoms with Crippen LogP contribution in [0.1, 0.15) is 11.3 Å². The van der Waals surface area contributed by atoms with E-state index in [0.717, 1.165) is 0 Å². The summed E-state index contributed by atoms with van der Waals surface area (Å²) in [7, 11) is 1.48. The molecule has 0 unspecified atom stereocenters. The highest BCUT2D eigenvalue weighted by Crippen LogP contribution is 2.28. The van der Waals surface area contributed by atoms with Gasteiger partial charge in [-0.05, 0) is 67.9 Å². The normalized spacial score (nSPS) is 10.9. The number of rotatable bonds is 6. The molecular weight excluding hydrogens is 463 g/mol. The van der Waals surface area contributed by atoms with Crippen molar-refractivity contribution in [3.63, 3.8) is 0 Å². The Balaban J connectivity index is 1.65. The predicted molar refractivity (Wildman–Crippen MR) is 125 cm³/mol. The molecule has 0 saturated carbocycles. The number of halogens is 2. The van der Waals surface area contributed by atoms with Gasteiger partial charge in [0.2, 0.25) is 11.7 Å². The van der Waals surface area contributed by atoms with E-state index in [4.69, 9.17) is 20.9 Å². The van der Waals surface area contributed by atoms with Crippen LogP contribution in [0.2, 0.25) is 5.02 Å². The Bertz CT molecular complexity index is 1430. The van der Waals surface area contributed by atoms with E-state index in [9.17, 15) is 14.0 Å². The molecule has 0 spiro atoms. The van der Waals surface area contributed by atoms with E-state index >= 15 is 0 Å². The van der Waals surface area contributed by atoms with Crippen LogP contribution in [0.4, 0.5) is 10.1 Å². The van der Waals surface area contributed by atoms with Crippen molar-refractivity contribution in [2.45, 2.75) is 20.4 Å². The molecule has 0 bridgehead atoms. The van der Waals surface area contributed by atoms with E-state index in [1.165, 1.54) is 35.9 Å². The Morgan fingerprint density at radius 2 is 1.91 bits per heavy atom. The first-order valence-corrected chi connectivity index (χ1v) is 10.6. The summed E-state index contributed by atoms with van der Waals surface area (Å²) >= 11 is 6.02. The minimum atomic E-state index is -0.458. The number of pyridine rings is 1. The van der Waals surface area contributed by atoms with Crippen LogP contribution < -0.4 is 15.6 Å². The summed E-state index contributed by atoms with van der Waals surface area (Å²) in [5.74, 6) is -0.179. The molecule has 0 fully saturated rings. The Labute approximate surface area is 198 Å². The molecule has 1 amide bonds. The Hall–Kier alpha value is -3.98. The van der Waals surface area contributed by atoms with E-state index in [0.29, 0.717) is 33.3 Å². The number of nitrogens with zero attached hydrogens (tertiary/aromatic N) is 3. The summed E-state index contributed by atoms with van der Waals surface area (Å²) in [5, 5.41) is 7.05. The number of hydrogen-bond acceptors (Lipinski definition) is 6. The zero-order valence-corrected chi connectivity index (χ0v) is 19.3. The number of hydrogen-bond donors (Lipinski definition) is 1. The molecule has 0 radical (unpaired) electrons. The molecule has 0 aliphatic rings. The number of carbonyl (C=O) groups excluding carboxylic acids is 1. The molecule has 0 aliphatic carbocycles. The average molecular weight is 483 g/mol. The lowest BCUT2D eigenvalue weighted by atomic mass is 10.1.